The van der Waals surface area contributed by atoms with Gasteiger partial charge in [-0.3, -0.25) is 15.1 Å². The van der Waals surface area contributed by atoms with Crippen LogP contribution in [0.5, 0.6) is 0 Å². The van der Waals surface area contributed by atoms with Gasteiger partial charge in [0.15, 0.2) is 5.96 Å². The predicted octanol–water partition coefficient (Wildman–Crippen LogP) is 5.63. The summed E-state index contributed by atoms with van der Waals surface area (Å²) in [5, 5.41) is 2.91. The zero-order valence-electron chi connectivity index (χ0n) is 20.9. The number of hydrogen-bond acceptors (Lipinski definition) is 2. The summed E-state index contributed by atoms with van der Waals surface area (Å²) >= 11 is 0. The Morgan fingerprint density at radius 2 is 1.60 bits per heavy atom. The third-order valence-corrected chi connectivity index (χ3v) is 9.45. The number of nitrogens with two attached hydrogens (primary N) is 1. The second-order valence-electron chi connectivity index (χ2n) is 12.0. The van der Waals surface area contributed by atoms with Crippen LogP contribution in [0.3, 0.4) is 0 Å². The van der Waals surface area contributed by atoms with Crippen molar-refractivity contribution in [1.82, 2.24) is 9.88 Å². The van der Waals surface area contributed by atoms with Gasteiger partial charge < -0.3 is 10.3 Å². The lowest BCUT2D eigenvalue weighted by Gasteiger charge is -2.57. The molecular formula is C30H40N4O. The molecule has 5 aliphatic rings. The van der Waals surface area contributed by atoms with E-state index in [0.29, 0.717) is 5.92 Å². The molecule has 4 bridgehead atoms. The van der Waals surface area contributed by atoms with Crippen LogP contribution in [-0.4, -0.2) is 23.0 Å². The third kappa shape index (κ3) is 4.66. The van der Waals surface area contributed by atoms with Crippen molar-refractivity contribution >= 4 is 11.9 Å². The number of carbonyl (C=O) groups is 1. The first-order valence-electron chi connectivity index (χ1n) is 13.9. The van der Waals surface area contributed by atoms with Gasteiger partial charge in [-0.2, -0.15) is 0 Å². The largest absolute Gasteiger partial charge is 0.370 e. The maximum absolute atomic E-state index is 13.2. The Balaban J connectivity index is 1.25. The fraction of sp³-hybridized carbons (Fsp3) is 0.600. The molecule has 5 fully saturated rings. The van der Waals surface area contributed by atoms with E-state index in [2.05, 4.69) is 51.3 Å². The van der Waals surface area contributed by atoms with Crippen LogP contribution in [0.25, 0.3) is 11.3 Å². The van der Waals surface area contributed by atoms with Crippen LogP contribution in [0.2, 0.25) is 0 Å². The molecule has 0 saturated heterocycles. The highest BCUT2D eigenvalue weighted by atomic mass is 16.2. The van der Waals surface area contributed by atoms with Crippen molar-refractivity contribution in [3.05, 3.63) is 48.2 Å². The van der Waals surface area contributed by atoms with Crippen LogP contribution in [0.4, 0.5) is 0 Å². The summed E-state index contributed by atoms with van der Waals surface area (Å²) in [6.07, 6.45) is 14.5. The van der Waals surface area contributed by atoms with Gasteiger partial charge in [0.05, 0.1) is 0 Å². The number of nitrogens with zero attached hydrogens (tertiary/aromatic N) is 2. The van der Waals surface area contributed by atoms with Crippen LogP contribution in [-0.2, 0) is 16.8 Å². The molecule has 1 amide bonds. The summed E-state index contributed by atoms with van der Waals surface area (Å²) in [4.78, 5) is 17.8. The Morgan fingerprint density at radius 3 is 2.26 bits per heavy atom. The summed E-state index contributed by atoms with van der Waals surface area (Å²) in [6.45, 7) is 1.01. The first kappa shape index (κ1) is 22.9. The highest BCUT2D eigenvalue weighted by Crippen LogP contribution is 2.61. The topological polar surface area (TPSA) is 72.4 Å². The maximum Gasteiger partial charge on any atom is 0.246 e. The van der Waals surface area contributed by atoms with Gasteiger partial charge in [0, 0.05) is 23.3 Å². The Bertz CT molecular complexity index is 1040. The molecule has 5 saturated carbocycles. The minimum Gasteiger partial charge on any atom is -0.370 e. The number of rotatable bonds is 6. The third-order valence-electron chi connectivity index (χ3n) is 9.45. The summed E-state index contributed by atoms with van der Waals surface area (Å²) in [7, 11) is 0. The van der Waals surface area contributed by atoms with E-state index in [9.17, 15) is 4.79 Å². The van der Waals surface area contributed by atoms with E-state index in [1.807, 2.05) is 6.07 Å². The zero-order valence-corrected chi connectivity index (χ0v) is 20.9. The highest BCUT2D eigenvalue weighted by Gasteiger charge is 2.52. The van der Waals surface area contributed by atoms with Crippen molar-refractivity contribution < 1.29 is 4.79 Å². The molecule has 35 heavy (non-hydrogen) atoms. The molecule has 0 aliphatic heterocycles. The second-order valence-corrected chi connectivity index (χ2v) is 12.0. The maximum atomic E-state index is 13.2. The van der Waals surface area contributed by atoms with Crippen molar-refractivity contribution in [1.29, 1.82) is 0 Å². The van der Waals surface area contributed by atoms with Gasteiger partial charge >= 0.3 is 0 Å². The van der Waals surface area contributed by atoms with Gasteiger partial charge in [-0.1, -0.05) is 49.6 Å². The van der Waals surface area contributed by atoms with E-state index in [-0.39, 0.29) is 23.8 Å². The number of aliphatic imine (C=N–C) groups is 1. The lowest BCUT2D eigenvalue weighted by Crippen LogP contribution is -2.49. The number of amides is 1. The van der Waals surface area contributed by atoms with Crippen molar-refractivity contribution in [2.45, 2.75) is 82.6 Å². The van der Waals surface area contributed by atoms with Gasteiger partial charge in [0.1, 0.15) is 6.54 Å². The molecule has 5 nitrogen and oxygen atoms in total. The van der Waals surface area contributed by atoms with E-state index in [0.717, 1.165) is 35.6 Å². The molecule has 0 spiro atoms. The molecule has 2 aromatic rings. The monoisotopic (exact) mass is 472 g/mol. The van der Waals surface area contributed by atoms with Crippen molar-refractivity contribution in [2.24, 2.45) is 34.4 Å². The second kappa shape index (κ2) is 9.48. The van der Waals surface area contributed by atoms with E-state index in [1.54, 1.807) is 0 Å². The smallest absolute Gasteiger partial charge is 0.246 e. The van der Waals surface area contributed by atoms with Gasteiger partial charge in [0.25, 0.3) is 0 Å². The van der Waals surface area contributed by atoms with Gasteiger partial charge in [-0.05, 0) is 92.7 Å². The molecule has 1 aromatic heterocycles. The van der Waals surface area contributed by atoms with E-state index < -0.39 is 0 Å². The van der Waals surface area contributed by atoms with Gasteiger partial charge in [-0.25, -0.2) is 0 Å². The van der Waals surface area contributed by atoms with E-state index in [4.69, 9.17) is 5.73 Å². The van der Waals surface area contributed by atoms with E-state index >= 15 is 0 Å². The number of carbonyl (C=O) groups excluding carboxylic acids is 1. The molecule has 3 N–H and O–H groups in total. The number of guanidine groups is 1. The summed E-state index contributed by atoms with van der Waals surface area (Å²) in [5.74, 6) is 3.39. The van der Waals surface area contributed by atoms with Crippen molar-refractivity contribution in [3.63, 3.8) is 0 Å². The van der Waals surface area contributed by atoms with Crippen LogP contribution in [0.15, 0.2) is 47.5 Å². The minimum absolute atomic E-state index is 0.0748. The molecule has 1 heterocycles. The fourth-order valence-electron chi connectivity index (χ4n) is 8.35. The summed E-state index contributed by atoms with van der Waals surface area (Å²) in [5.41, 5.74) is 10.0. The molecule has 0 atom stereocenters. The Labute approximate surface area is 209 Å². The molecule has 186 valence electrons. The number of nitrogens with one attached hydrogen (secondary N) is 1. The first-order valence-corrected chi connectivity index (χ1v) is 13.9. The van der Waals surface area contributed by atoms with Crippen molar-refractivity contribution in [2.75, 3.05) is 6.54 Å². The van der Waals surface area contributed by atoms with Gasteiger partial charge in [0.2, 0.25) is 5.91 Å². The average molecular weight is 473 g/mol. The molecule has 1 aromatic carbocycles. The minimum atomic E-state index is -0.0748. The molecule has 5 heteroatoms. The predicted molar refractivity (Wildman–Crippen MR) is 141 cm³/mol. The van der Waals surface area contributed by atoms with Crippen molar-refractivity contribution in [3.8, 4) is 11.3 Å². The Hall–Kier alpha value is -2.56. The lowest BCUT2D eigenvalue weighted by molar-refractivity contribution is -0.120. The van der Waals surface area contributed by atoms with Crippen LogP contribution in [0, 0.1) is 23.7 Å². The van der Waals surface area contributed by atoms with Crippen LogP contribution >= 0.6 is 0 Å². The molecule has 5 aliphatic carbocycles. The number of benzene rings is 1. The Morgan fingerprint density at radius 1 is 0.943 bits per heavy atom. The molecule has 7 rings (SSSR count). The molecular weight excluding hydrogens is 432 g/mol. The number of hydrogen-bond donors (Lipinski definition) is 2. The normalized spacial score (nSPS) is 30.5. The Kier molecular flexibility index (Phi) is 6.19. The standard InChI is InChI=1S/C30H40N4O/c31-29(32-19-21-7-3-1-4-8-21)33-28(35)20-34-26(25-9-5-2-6-10-25)11-12-27(34)30-16-22-13-23(17-30)15-24(14-22)18-30/h2,5-6,9-12,21-24H,1,3-4,7-8,13-20H2,(H3,31,32,33,35). The van der Waals surface area contributed by atoms with Crippen LogP contribution in [0.1, 0.15) is 76.3 Å². The molecule has 0 unspecified atom stereocenters. The first-order chi connectivity index (χ1) is 17.1. The average Bonchev–Trinajstić information content (AvgIpc) is 3.27. The lowest BCUT2D eigenvalue weighted by atomic mass is 9.49. The van der Waals surface area contributed by atoms with Gasteiger partial charge in [-0.15, -0.1) is 0 Å². The summed E-state index contributed by atoms with van der Waals surface area (Å²) in [6, 6.07) is 15.0. The quantitative estimate of drug-likeness (QED) is 0.422. The molecule has 0 radical (unpaired) electrons. The van der Waals surface area contributed by atoms with Crippen LogP contribution < -0.4 is 11.1 Å². The fourth-order valence-corrected chi connectivity index (χ4v) is 8.35. The zero-order chi connectivity index (χ0) is 23.8. The summed E-state index contributed by atoms with van der Waals surface area (Å²) < 4.78 is 2.30. The van der Waals surface area contributed by atoms with E-state index in [1.165, 1.54) is 76.3 Å². The highest BCUT2D eigenvalue weighted by molar-refractivity contribution is 5.96. The number of aromatic nitrogens is 1. The SMILES string of the molecule is NC(=NCC1CCCCC1)NC(=O)Cn1c(-c2ccccc2)ccc1C12CC3CC(CC(C3)C1)C2.